The average molecular weight is 287 g/mol. The third-order valence-electron chi connectivity index (χ3n) is 3.20. The number of aryl methyl sites for hydroxylation is 1. The van der Waals surface area contributed by atoms with Gasteiger partial charge in [0.1, 0.15) is 5.75 Å². The van der Waals surface area contributed by atoms with E-state index in [2.05, 4.69) is 0 Å². The Morgan fingerprint density at radius 2 is 1.95 bits per heavy atom. The maximum Gasteiger partial charge on any atom is 0.311 e. The molecule has 0 saturated carbocycles. The standard InChI is InChI=1S/C16H17NO4/c1-3-14(18)12-6-4-5-7-15(12)21-16-10-11(2)8-9-13(16)17(19)20/h4-10,14,18H,3H2,1-2H3/t14-/m0/s1. The molecule has 1 atom stereocenters. The number of aliphatic hydroxyl groups is 1. The lowest BCUT2D eigenvalue weighted by Gasteiger charge is -2.14. The van der Waals surface area contributed by atoms with Crippen LogP contribution in [0.4, 0.5) is 5.69 Å². The molecule has 0 fully saturated rings. The van der Waals surface area contributed by atoms with Crippen molar-refractivity contribution in [2.75, 3.05) is 0 Å². The van der Waals surface area contributed by atoms with Crippen molar-refractivity contribution in [1.29, 1.82) is 0 Å². The lowest BCUT2D eigenvalue weighted by atomic mass is 10.1. The summed E-state index contributed by atoms with van der Waals surface area (Å²) in [4.78, 5) is 10.6. The maximum absolute atomic E-state index is 11.1. The van der Waals surface area contributed by atoms with Crippen LogP contribution in [-0.2, 0) is 0 Å². The predicted octanol–water partition coefficient (Wildman–Crippen LogP) is 4.14. The van der Waals surface area contributed by atoms with Crippen molar-refractivity contribution in [3.63, 3.8) is 0 Å². The summed E-state index contributed by atoms with van der Waals surface area (Å²) in [6.45, 7) is 3.69. The summed E-state index contributed by atoms with van der Waals surface area (Å²) in [7, 11) is 0. The van der Waals surface area contributed by atoms with E-state index in [1.165, 1.54) is 6.07 Å². The molecule has 5 nitrogen and oxygen atoms in total. The number of nitro benzene ring substituents is 1. The number of benzene rings is 2. The quantitative estimate of drug-likeness (QED) is 0.662. The van der Waals surface area contributed by atoms with E-state index in [-0.39, 0.29) is 11.4 Å². The van der Waals surface area contributed by atoms with Gasteiger partial charge in [-0.05, 0) is 31.0 Å². The monoisotopic (exact) mass is 287 g/mol. The Bertz CT molecular complexity index is 654. The molecule has 110 valence electrons. The predicted molar refractivity (Wildman–Crippen MR) is 79.6 cm³/mol. The number of ether oxygens (including phenoxy) is 1. The van der Waals surface area contributed by atoms with Crippen LogP contribution in [0.1, 0.15) is 30.6 Å². The Hall–Kier alpha value is -2.40. The normalized spacial score (nSPS) is 12.0. The molecule has 0 aliphatic heterocycles. The number of nitro groups is 1. The van der Waals surface area contributed by atoms with Crippen molar-refractivity contribution in [2.45, 2.75) is 26.4 Å². The van der Waals surface area contributed by atoms with Crippen molar-refractivity contribution in [3.05, 3.63) is 63.7 Å². The first kappa shape index (κ1) is 15.0. The van der Waals surface area contributed by atoms with Gasteiger partial charge in [-0.2, -0.15) is 0 Å². The van der Waals surface area contributed by atoms with Gasteiger partial charge in [0.15, 0.2) is 0 Å². The lowest BCUT2D eigenvalue weighted by molar-refractivity contribution is -0.385. The molecule has 21 heavy (non-hydrogen) atoms. The SMILES string of the molecule is CC[C@H](O)c1ccccc1Oc1cc(C)ccc1[N+](=O)[O-]. The van der Waals surface area contributed by atoms with Crippen LogP contribution >= 0.6 is 0 Å². The highest BCUT2D eigenvalue weighted by Gasteiger charge is 2.18. The van der Waals surface area contributed by atoms with Gasteiger partial charge in [0.05, 0.1) is 11.0 Å². The van der Waals surface area contributed by atoms with E-state index in [1.54, 1.807) is 36.4 Å². The molecule has 5 heteroatoms. The van der Waals surface area contributed by atoms with Gasteiger partial charge in [0.2, 0.25) is 5.75 Å². The van der Waals surface area contributed by atoms with Crippen molar-refractivity contribution >= 4 is 5.69 Å². The fraction of sp³-hybridized carbons (Fsp3) is 0.250. The van der Waals surface area contributed by atoms with Crippen molar-refractivity contribution in [1.82, 2.24) is 0 Å². The molecule has 2 aromatic rings. The zero-order valence-electron chi connectivity index (χ0n) is 11.9. The fourth-order valence-corrected chi connectivity index (χ4v) is 2.04. The van der Waals surface area contributed by atoms with Crippen LogP contribution in [0.25, 0.3) is 0 Å². The third-order valence-corrected chi connectivity index (χ3v) is 3.20. The lowest BCUT2D eigenvalue weighted by Crippen LogP contribution is -2.00. The largest absolute Gasteiger partial charge is 0.450 e. The summed E-state index contributed by atoms with van der Waals surface area (Å²) in [5, 5.41) is 21.1. The molecular formula is C16H17NO4. The van der Waals surface area contributed by atoms with Crippen molar-refractivity contribution in [2.24, 2.45) is 0 Å². The van der Waals surface area contributed by atoms with Gasteiger partial charge in [-0.1, -0.05) is 31.2 Å². The number of hydrogen-bond donors (Lipinski definition) is 1. The van der Waals surface area contributed by atoms with Gasteiger partial charge < -0.3 is 9.84 Å². The third kappa shape index (κ3) is 3.38. The minimum absolute atomic E-state index is 0.0959. The minimum Gasteiger partial charge on any atom is -0.450 e. The topological polar surface area (TPSA) is 72.6 Å². The van der Waals surface area contributed by atoms with E-state index >= 15 is 0 Å². The van der Waals surface area contributed by atoms with E-state index < -0.39 is 11.0 Å². The summed E-state index contributed by atoms with van der Waals surface area (Å²) in [6.07, 6.45) is -0.124. The Labute approximate surface area is 123 Å². The number of nitrogens with zero attached hydrogens (tertiary/aromatic N) is 1. The first-order valence-electron chi connectivity index (χ1n) is 6.72. The molecule has 0 aliphatic rings. The molecule has 0 unspecified atom stereocenters. The van der Waals surface area contributed by atoms with Gasteiger partial charge in [0, 0.05) is 11.6 Å². The Morgan fingerprint density at radius 1 is 1.24 bits per heavy atom. The van der Waals surface area contributed by atoms with Crippen LogP contribution in [0.15, 0.2) is 42.5 Å². The molecule has 2 rings (SSSR count). The van der Waals surface area contributed by atoms with E-state index in [1.807, 2.05) is 13.8 Å². The van der Waals surface area contributed by atoms with Gasteiger partial charge in [-0.3, -0.25) is 10.1 Å². The van der Waals surface area contributed by atoms with E-state index in [0.29, 0.717) is 17.7 Å². The Balaban J connectivity index is 2.43. The Kier molecular flexibility index (Phi) is 4.55. The van der Waals surface area contributed by atoms with E-state index in [0.717, 1.165) is 5.56 Å². The number of para-hydroxylation sites is 1. The molecule has 0 spiro atoms. The van der Waals surface area contributed by atoms with Crippen LogP contribution in [0, 0.1) is 17.0 Å². The molecule has 2 aromatic carbocycles. The summed E-state index contributed by atoms with van der Waals surface area (Å²) in [6, 6.07) is 11.7. The van der Waals surface area contributed by atoms with E-state index in [9.17, 15) is 15.2 Å². The molecule has 0 radical (unpaired) electrons. The van der Waals surface area contributed by atoms with Crippen molar-refractivity contribution < 1.29 is 14.8 Å². The van der Waals surface area contributed by atoms with Crippen LogP contribution in [0.2, 0.25) is 0 Å². The molecule has 0 saturated heterocycles. The first-order chi connectivity index (χ1) is 10.0. The minimum atomic E-state index is -0.662. The highest BCUT2D eigenvalue weighted by Crippen LogP contribution is 2.35. The summed E-state index contributed by atoms with van der Waals surface area (Å²) < 4.78 is 5.70. The number of rotatable bonds is 5. The zero-order valence-corrected chi connectivity index (χ0v) is 11.9. The highest BCUT2D eigenvalue weighted by atomic mass is 16.6. The second-order valence-corrected chi connectivity index (χ2v) is 4.79. The summed E-state index contributed by atoms with van der Waals surface area (Å²) in [5.74, 6) is 0.608. The average Bonchev–Trinajstić information content (AvgIpc) is 2.47. The fourth-order valence-electron chi connectivity index (χ4n) is 2.04. The zero-order chi connectivity index (χ0) is 15.4. The second-order valence-electron chi connectivity index (χ2n) is 4.79. The smallest absolute Gasteiger partial charge is 0.311 e. The van der Waals surface area contributed by atoms with Gasteiger partial charge in [-0.15, -0.1) is 0 Å². The molecular weight excluding hydrogens is 270 g/mol. The molecule has 1 N–H and O–H groups in total. The molecule has 0 heterocycles. The van der Waals surface area contributed by atoms with Gasteiger partial charge in [-0.25, -0.2) is 0 Å². The summed E-state index contributed by atoms with van der Waals surface area (Å²) >= 11 is 0. The Morgan fingerprint density at radius 3 is 2.62 bits per heavy atom. The van der Waals surface area contributed by atoms with Crippen LogP contribution in [0.5, 0.6) is 11.5 Å². The molecule has 0 bridgehead atoms. The van der Waals surface area contributed by atoms with E-state index in [4.69, 9.17) is 4.74 Å². The number of aliphatic hydroxyl groups excluding tert-OH is 1. The van der Waals surface area contributed by atoms with Crippen molar-refractivity contribution in [3.8, 4) is 11.5 Å². The van der Waals surface area contributed by atoms with Gasteiger partial charge >= 0.3 is 5.69 Å². The highest BCUT2D eigenvalue weighted by molar-refractivity contribution is 5.51. The molecule has 0 amide bonds. The first-order valence-corrected chi connectivity index (χ1v) is 6.72. The maximum atomic E-state index is 11.1. The van der Waals surface area contributed by atoms with Crippen LogP contribution < -0.4 is 4.74 Å². The van der Waals surface area contributed by atoms with Crippen LogP contribution in [-0.4, -0.2) is 10.0 Å². The van der Waals surface area contributed by atoms with Crippen LogP contribution in [0.3, 0.4) is 0 Å². The summed E-state index contributed by atoms with van der Waals surface area (Å²) in [5.41, 5.74) is 1.39. The van der Waals surface area contributed by atoms with Gasteiger partial charge in [0.25, 0.3) is 0 Å². The second kappa shape index (κ2) is 6.37. The molecule has 0 aromatic heterocycles. The molecule has 0 aliphatic carbocycles. The number of hydrogen-bond acceptors (Lipinski definition) is 4.